The zero-order chi connectivity index (χ0) is 19.5. The Labute approximate surface area is 168 Å². The molecule has 0 saturated carbocycles. The number of aromatic nitrogens is 2. The molecule has 0 atom stereocenters. The van der Waals surface area contributed by atoms with Crippen LogP contribution in [-0.4, -0.2) is 15.5 Å². The van der Waals surface area contributed by atoms with Gasteiger partial charge in [0.25, 0.3) is 0 Å². The Morgan fingerprint density at radius 3 is 2.54 bits per heavy atom. The number of carbonyl (C=O) groups excluding carboxylic acids is 1. The Balaban J connectivity index is 1.66. The summed E-state index contributed by atoms with van der Waals surface area (Å²) in [6.45, 7) is 2.17. The van der Waals surface area contributed by atoms with Gasteiger partial charge in [-0.05, 0) is 42.3 Å². The molecule has 0 aliphatic carbocycles. The monoisotopic (exact) mass is 389 g/mol. The standard InChI is InChI=1S/C23H20ClN3O/c1-16-8-2-5-11-19(16)26-23(28)15-27-21-13-7-6-12-20(21)25-22(27)14-17-9-3-4-10-18(17)24/h2-13H,14-15H2,1H3,(H,26,28). The predicted octanol–water partition coefficient (Wildman–Crippen LogP) is 5.23. The summed E-state index contributed by atoms with van der Waals surface area (Å²) in [5, 5.41) is 3.70. The first kappa shape index (κ1) is 18.3. The molecule has 0 radical (unpaired) electrons. The molecule has 0 unspecified atom stereocenters. The maximum Gasteiger partial charge on any atom is 0.244 e. The van der Waals surface area contributed by atoms with E-state index >= 15 is 0 Å². The van der Waals surface area contributed by atoms with Crippen LogP contribution in [0.1, 0.15) is 17.0 Å². The van der Waals surface area contributed by atoms with Crippen molar-refractivity contribution in [2.75, 3.05) is 5.32 Å². The molecule has 1 aromatic heterocycles. The Kier molecular flexibility index (Phi) is 5.13. The van der Waals surface area contributed by atoms with Gasteiger partial charge >= 0.3 is 0 Å². The van der Waals surface area contributed by atoms with E-state index in [-0.39, 0.29) is 12.5 Å². The Bertz CT molecular complexity index is 1150. The molecule has 3 aromatic carbocycles. The predicted molar refractivity (Wildman–Crippen MR) is 114 cm³/mol. The second-order valence-corrected chi connectivity index (χ2v) is 7.14. The van der Waals surface area contributed by atoms with E-state index in [0.29, 0.717) is 11.4 Å². The van der Waals surface area contributed by atoms with Gasteiger partial charge in [0.2, 0.25) is 5.91 Å². The number of nitrogens with zero attached hydrogens (tertiary/aromatic N) is 2. The zero-order valence-corrected chi connectivity index (χ0v) is 16.3. The fourth-order valence-corrected chi connectivity index (χ4v) is 3.50. The van der Waals surface area contributed by atoms with E-state index in [2.05, 4.69) is 5.32 Å². The minimum Gasteiger partial charge on any atom is -0.324 e. The third kappa shape index (κ3) is 3.78. The van der Waals surface area contributed by atoms with E-state index in [4.69, 9.17) is 16.6 Å². The van der Waals surface area contributed by atoms with Crippen molar-refractivity contribution in [3.63, 3.8) is 0 Å². The molecule has 4 rings (SSSR count). The van der Waals surface area contributed by atoms with Crippen molar-refractivity contribution >= 4 is 34.2 Å². The summed E-state index contributed by atoms with van der Waals surface area (Å²) in [6.07, 6.45) is 0.562. The van der Waals surface area contributed by atoms with Crippen molar-refractivity contribution in [1.82, 2.24) is 9.55 Å². The lowest BCUT2D eigenvalue weighted by Crippen LogP contribution is -2.20. The SMILES string of the molecule is Cc1ccccc1NC(=O)Cn1c(Cc2ccccc2Cl)nc2ccccc21. The maximum atomic E-state index is 12.8. The van der Waals surface area contributed by atoms with Crippen molar-refractivity contribution in [3.05, 3.63) is 94.8 Å². The lowest BCUT2D eigenvalue weighted by molar-refractivity contribution is -0.116. The molecule has 1 amide bonds. The van der Waals surface area contributed by atoms with Crippen LogP contribution in [0.3, 0.4) is 0 Å². The van der Waals surface area contributed by atoms with Gasteiger partial charge in [-0.25, -0.2) is 4.98 Å². The summed E-state index contributed by atoms with van der Waals surface area (Å²) >= 11 is 6.34. The van der Waals surface area contributed by atoms with E-state index in [9.17, 15) is 4.79 Å². The van der Waals surface area contributed by atoms with E-state index in [1.165, 1.54) is 0 Å². The minimum atomic E-state index is -0.0853. The second kappa shape index (κ2) is 7.87. The highest BCUT2D eigenvalue weighted by Gasteiger charge is 2.15. The van der Waals surface area contributed by atoms with Gasteiger partial charge < -0.3 is 9.88 Å². The van der Waals surface area contributed by atoms with Crippen LogP contribution in [0.25, 0.3) is 11.0 Å². The number of carbonyl (C=O) groups is 1. The molecule has 0 fully saturated rings. The number of amides is 1. The molecule has 4 aromatic rings. The van der Waals surface area contributed by atoms with Crippen molar-refractivity contribution < 1.29 is 4.79 Å². The molecule has 5 heteroatoms. The fourth-order valence-electron chi connectivity index (χ4n) is 3.30. The molecular weight excluding hydrogens is 370 g/mol. The number of hydrogen-bond acceptors (Lipinski definition) is 2. The van der Waals surface area contributed by atoms with Crippen molar-refractivity contribution in [2.24, 2.45) is 0 Å². The van der Waals surface area contributed by atoms with Crippen molar-refractivity contribution in [1.29, 1.82) is 0 Å². The summed E-state index contributed by atoms with van der Waals surface area (Å²) in [5.74, 6) is 0.729. The number of aryl methyl sites for hydroxylation is 1. The van der Waals surface area contributed by atoms with Crippen LogP contribution in [0, 0.1) is 6.92 Å². The normalized spacial score (nSPS) is 10.9. The van der Waals surface area contributed by atoms with Crippen molar-refractivity contribution in [2.45, 2.75) is 19.9 Å². The van der Waals surface area contributed by atoms with Crippen LogP contribution < -0.4 is 5.32 Å². The van der Waals surface area contributed by atoms with Gasteiger partial charge in [0.05, 0.1) is 11.0 Å². The third-order valence-corrected chi connectivity index (χ3v) is 5.13. The van der Waals surface area contributed by atoms with E-state index in [1.54, 1.807) is 0 Å². The van der Waals surface area contributed by atoms with Gasteiger partial charge in [0.1, 0.15) is 12.4 Å². The van der Waals surface area contributed by atoms with Crippen LogP contribution in [0.4, 0.5) is 5.69 Å². The molecule has 1 N–H and O–H groups in total. The Hall–Kier alpha value is -3.11. The van der Waals surface area contributed by atoms with Gasteiger partial charge in [-0.3, -0.25) is 4.79 Å². The first-order valence-electron chi connectivity index (χ1n) is 9.15. The number of benzene rings is 3. The molecule has 28 heavy (non-hydrogen) atoms. The minimum absolute atomic E-state index is 0.0853. The first-order valence-corrected chi connectivity index (χ1v) is 9.52. The first-order chi connectivity index (χ1) is 13.6. The number of anilines is 1. The highest BCUT2D eigenvalue weighted by molar-refractivity contribution is 6.31. The molecule has 0 saturated heterocycles. The van der Waals surface area contributed by atoms with Crippen LogP contribution >= 0.6 is 11.6 Å². The molecule has 0 bridgehead atoms. The van der Waals surface area contributed by atoms with Crippen molar-refractivity contribution in [3.8, 4) is 0 Å². The second-order valence-electron chi connectivity index (χ2n) is 6.73. The maximum absolute atomic E-state index is 12.8. The van der Waals surface area contributed by atoms with Crippen LogP contribution in [0.5, 0.6) is 0 Å². The van der Waals surface area contributed by atoms with Crippen LogP contribution in [0.15, 0.2) is 72.8 Å². The molecule has 0 spiro atoms. The summed E-state index contributed by atoms with van der Waals surface area (Å²) in [4.78, 5) is 17.5. The number of para-hydroxylation sites is 3. The summed E-state index contributed by atoms with van der Waals surface area (Å²) < 4.78 is 1.96. The lowest BCUT2D eigenvalue weighted by atomic mass is 10.1. The summed E-state index contributed by atoms with van der Waals surface area (Å²) in [6, 6.07) is 23.3. The van der Waals surface area contributed by atoms with Crippen LogP contribution in [0.2, 0.25) is 5.02 Å². The highest BCUT2D eigenvalue weighted by atomic mass is 35.5. The molecular formula is C23H20ClN3O. The number of halogens is 1. The van der Waals surface area contributed by atoms with Crippen LogP contribution in [-0.2, 0) is 17.8 Å². The number of hydrogen-bond donors (Lipinski definition) is 1. The Morgan fingerprint density at radius 1 is 1.00 bits per heavy atom. The largest absolute Gasteiger partial charge is 0.324 e. The lowest BCUT2D eigenvalue weighted by Gasteiger charge is -2.12. The number of rotatable bonds is 5. The average Bonchev–Trinajstić information content (AvgIpc) is 3.03. The van der Waals surface area contributed by atoms with Gasteiger partial charge in [-0.2, -0.15) is 0 Å². The topological polar surface area (TPSA) is 46.9 Å². The number of fused-ring (bicyclic) bond motifs is 1. The third-order valence-electron chi connectivity index (χ3n) is 4.76. The average molecular weight is 390 g/mol. The molecule has 1 heterocycles. The molecule has 0 aliphatic heterocycles. The molecule has 4 nitrogen and oxygen atoms in total. The number of imidazole rings is 1. The molecule has 0 aliphatic rings. The summed E-state index contributed by atoms with van der Waals surface area (Å²) in [5.41, 5.74) is 4.64. The molecule has 140 valence electrons. The van der Waals surface area contributed by atoms with E-state index < -0.39 is 0 Å². The fraction of sp³-hybridized carbons (Fsp3) is 0.130. The van der Waals surface area contributed by atoms with E-state index in [0.717, 1.165) is 33.7 Å². The quantitative estimate of drug-likeness (QED) is 0.508. The van der Waals surface area contributed by atoms with E-state index in [1.807, 2.05) is 84.3 Å². The summed E-state index contributed by atoms with van der Waals surface area (Å²) in [7, 11) is 0. The Morgan fingerprint density at radius 2 is 1.71 bits per heavy atom. The van der Waals surface area contributed by atoms with Gasteiger partial charge in [-0.1, -0.05) is 60.1 Å². The van der Waals surface area contributed by atoms with Gasteiger partial charge in [0, 0.05) is 17.1 Å². The number of nitrogens with one attached hydrogen (secondary N) is 1. The highest BCUT2D eigenvalue weighted by Crippen LogP contribution is 2.23. The van der Waals surface area contributed by atoms with Gasteiger partial charge in [0.15, 0.2) is 0 Å². The zero-order valence-electron chi connectivity index (χ0n) is 15.5. The smallest absolute Gasteiger partial charge is 0.244 e. The van der Waals surface area contributed by atoms with Gasteiger partial charge in [-0.15, -0.1) is 0 Å².